The fourth-order valence-corrected chi connectivity index (χ4v) is 9.43. The minimum absolute atomic E-state index is 0.273. The van der Waals surface area contributed by atoms with Gasteiger partial charge in [-0.15, -0.1) is 0 Å². The molecule has 0 atom stereocenters. The minimum atomic E-state index is -0.273. The Morgan fingerprint density at radius 3 is 1.55 bits per heavy atom. The lowest BCUT2D eigenvalue weighted by atomic mass is 9.79. The Bertz CT molecular complexity index is 3460. The molecule has 0 radical (unpaired) electrons. The molecule has 0 amide bonds. The van der Waals surface area contributed by atoms with Crippen LogP contribution in [0.5, 0.6) is 0 Å². The molecule has 1 aliphatic rings. The first-order valence-electron chi connectivity index (χ1n) is 21.7. The van der Waals surface area contributed by atoms with Crippen LogP contribution >= 0.6 is 0 Å². The fourth-order valence-electron chi connectivity index (χ4n) is 9.43. The van der Waals surface area contributed by atoms with Crippen molar-refractivity contribution in [2.24, 2.45) is 0 Å². The summed E-state index contributed by atoms with van der Waals surface area (Å²) in [7, 11) is 0. The lowest BCUT2D eigenvalue weighted by Gasteiger charge is -2.23. The summed E-state index contributed by atoms with van der Waals surface area (Å²) in [6.45, 7) is 12.8. The van der Waals surface area contributed by atoms with Gasteiger partial charge in [-0.25, -0.2) is 0 Å². The molecule has 0 saturated heterocycles. The Labute approximate surface area is 362 Å². The van der Waals surface area contributed by atoms with E-state index in [-0.39, 0.29) is 5.41 Å². The molecule has 3 heterocycles. The van der Waals surface area contributed by atoms with E-state index in [4.69, 9.17) is 13.3 Å². The van der Waals surface area contributed by atoms with Crippen LogP contribution in [0.1, 0.15) is 64.0 Å². The van der Waals surface area contributed by atoms with E-state index in [0.717, 1.165) is 71.9 Å². The maximum Gasteiger partial charge on any atom is 0.135 e. The molecule has 62 heavy (non-hydrogen) atoms. The lowest BCUT2D eigenvalue weighted by Crippen LogP contribution is -2.15. The van der Waals surface area contributed by atoms with Crippen molar-refractivity contribution in [2.45, 2.75) is 47.0 Å². The molecule has 0 saturated carbocycles. The summed E-state index contributed by atoms with van der Waals surface area (Å²) in [5.74, 6) is 0.839. The van der Waals surface area contributed by atoms with Gasteiger partial charge in [-0.1, -0.05) is 143 Å². The van der Waals surface area contributed by atoms with E-state index >= 15 is 0 Å². The van der Waals surface area contributed by atoms with Crippen LogP contribution in [0.2, 0.25) is 0 Å². The zero-order valence-corrected chi connectivity index (χ0v) is 36.0. The number of benzene rings is 7. The standard InChI is InChI=1S/C57H42O3.C2H6/c1-5-7-10-16-42-44-31-37(20-26-50(44)58-49(42)17-11-8-6-2)39-22-28-53-47(33-39)55-54(60-53)29-24-43-41-23-18-40(34-48(41)57(3,4)56(43)55)38-21-27-52-46(32-38)45-30-36(19-25-51(45)59-52)35-14-12-9-13-15-35;1-2/h5-34H,1-4H3;1-2H3/b7-5+,8-6-,16-10+,17-11-;. The lowest BCUT2D eigenvalue weighted by molar-refractivity contribution is 0.603. The molecular weight excluding hydrogens is 757 g/mol. The largest absolute Gasteiger partial charge is 0.456 e. The molecular formula is C59H48O3. The van der Waals surface area contributed by atoms with Crippen LogP contribution in [0.15, 0.2) is 183 Å². The third kappa shape index (κ3) is 6.35. The van der Waals surface area contributed by atoms with Crippen molar-refractivity contribution in [3.63, 3.8) is 0 Å². The molecule has 1 aliphatic carbocycles. The van der Waals surface area contributed by atoms with Gasteiger partial charge in [0.25, 0.3) is 0 Å². The predicted octanol–water partition coefficient (Wildman–Crippen LogP) is 17.7. The molecule has 0 N–H and O–H groups in total. The molecule has 302 valence electrons. The molecule has 11 rings (SSSR count). The van der Waals surface area contributed by atoms with Crippen molar-refractivity contribution >= 4 is 67.0 Å². The predicted molar refractivity (Wildman–Crippen MR) is 264 cm³/mol. The molecule has 3 heteroatoms. The number of fused-ring (bicyclic) bond motifs is 11. The maximum atomic E-state index is 6.60. The van der Waals surface area contributed by atoms with Crippen LogP contribution in [0.3, 0.4) is 0 Å². The van der Waals surface area contributed by atoms with Gasteiger partial charge in [-0.3, -0.25) is 0 Å². The summed E-state index contributed by atoms with van der Waals surface area (Å²) in [5.41, 5.74) is 17.4. The first-order valence-corrected chi connectivity index (χ1v) is 21.7. The number of furan rings is 3. The highest BCUT2D eigenvalue weighted by molar-refractivity contribution is 6.12. The van der Waals surface area contributed by atoms with E-state index in [1.807, 2.05) is 64.2 Å². The SMILES string of the molecule is C/C=C\C=C/c1oc2ccc(-c3ccc4oc5ccc6c(c5c4c3)C(C)(C)c3cc(-c4ccc5oc7ccc(-c8ccccc8)cc7c5c4)ccc3-6)cc2c1/C=C/C=C/C.CC. The van der Waals surface area contributed by atoms with Gasteiger partial charge in [0.2, 0.25) is 0 Å². The second kappa shape index (κ2) is 15.6. The molecule has 0 aliphatic heterocycles. The van der Waals surface area contributed by atoms with Crippen LogP contribution in [0, 0.1) is 0 Å². The van der Waals surface area contributed by atoms with Gasteiger partial charge >= 0.3 is 0 Å². The summed E-state index contributed by atoms with van der Waals surface area (Å²) in [6.07, 6.45) is 16.4. The van der Waals surface area contributed by atoms with Gasteiger partial charge in [0.1, 0.15) is 33.7 Å². The van der Waals surface area contributed by atoms with Crippen LogP contribution in [-0.4, -0.2) is 0 Å². The Balaban J connectivity index is 0.00000226. The van der Waals surface area contributed by atoms with Gasteiger partial charge in [-0.2, -0.15) is 0 Å². The Morgan fingerprint density at radius 2 is 0.903 bits per heavy atom. The Hall–Kier alpha value is -7.36. The van der Waals surface area contributed by atoms with E-state index in [9.17, 15) is 0 Å². The number of hydrogen-bond acceptors (Lipinski definition) is 3. The number of rotatable bonds is 7. The molecule has 0 spiro atoms. The third-order valence-corrected chi connectivity index (χ3v) is 12.4. The minimum Gasteiger partial charge on any atom is -0.456 e. The average molecular weight is 805 g/mol. The van der Waals surface area contributed by atoms with E-state index in [1.54, 1.807) is 0 Å². The van der Waals surface area contributed by atoms with Gasteiger partial charge in [0.15, 0.2) is 0 Å². The topological polar surface area (TPSA) is 39.4 Å². The molecule has 0 fully saturated rings. The van der Waals surface area contributed by atoms with E-state index in [2.05, 4.69) is 159 Å². The van der Waals surface area contributed by atoms with Crippen LogP contribution in [-0.2, 0) is 5.41 Å². The van der Waals surface area contributed by atoms with Crippen molar-refractivity contribution < 1.29 is 13.3 Å². The summed E-state index contributed by atoms with van der Waals surface area (Å²) in [4.78, 5) is 0. The Morgan fingerprint density at radius 1 is 0.419 bits per heavy atom. The van der Waals surface area contributed by atoms with Gasteiger partial charge in [-0.05, 0) is 136 Å². The Kier molecular flexibility index (Phi) is 9.76. The highest BCUT2D eigenvalue weighted by Crippen LogP contribution is 2.54. The van der Waals surface area contributed by atoms with Crippen LogP contribution < -0.4 is 0 Å². The van der Waals surface area contributed by atoms with Gasteiger partial charge in [0, 0.05) is 37.9 Å². The number of hydrogen-bond donors (Lipinski definition) is 0. The van der Waals surface area contributed by atoms with Crippen LogP contribution in [0.25, 0.3) is 112 Å². The molecule has 0 unspecified atom stereocenters. The van der Waals surface area contributed by atoms with E-state index in [1.165, 1.54) is 49.9 Å². The summed E-state index contributed by atoms with van der Waals surface area (Å²) >= 11 is 0. The summed E-state index contributed by atoms with van der Waals surface area (Å²) in [6, 6.07) is 48.1. The highest BCUT2D eigenvalue weighted by Gasteiger charge is 2.38. The van der Waals surface area contributed by atoms with Crippen LogP contribution in [0.4, 0.5) is 0 Å². The fraction of sp³-hybridized carbons (Fsp3) is 0.119. The van der Waals surface area contributed by atoms with Crippen molar-refractivity contribution in [3.05, 3.63) is 192 Å². The quantitative estimate of drug-likeness (QED) is 0.151. The monoisotopic (exact) mass is 804 g/mol. The molecule has 0 bridgehead atoms. The van der Waals surface area contributed by atoms with Crippen molar-refractivity contribution in [3.8, 4) is 44.5 Å². The van der Waals surface area contributed by atoms with Crippen molar-refractivity contribution in [1.82, 2.24) is 0 Å². The second-order valence-electron chi connectivity index (χ2n) is 16.3. The third-order valence-electron chi connectivity index (χ3n) is 12.4. The second-order valence-corrected chi connectivity index (χ2v) is 16.3. The first-order chi connectivity index (χ1) is 30.4. The van der Waals surface area contributed by atoms with E-state index < -0.39 is 0 Å². The molecule has 7 aromatic carbocycles. The first kappa shape index (κ1) is 38.8. The van der Waals surface area contributed by atoms with E-state index in [0.29, 0.717) is 0 Å². The zero-order chi connectivity index (χ0) is 42.5. The maximum absolute atomic E-state index is 6.60. The summed E-state index contributed by atoms with van der Waals surface area (Å²) < 4.78 is 19.3. The molecule has 10 aromatic rings. The normalized spacial score (nSPS) is 13.5. The molecule has 3 nitrogen and oxygen atoms in total. The average Bonchev–Trinajstić information content (AvgIpc) is 4.04. The van der Waals surface area contributed by atoms with Gasteiger partial charge < -0.3 is 13.3 Å². The van der Waals surface area contributed by atoms with Gasteiger partial charge in [0.05, 0.1) is 0 Å². The zero-order valence-electron chi connectivity index (χ0n) is 36.0. The smallest absolute Gasteiger partial charge is 0.135 e. The number of allylic oxidation sites excluding steroid dienone is 6. The molecule has 3 aromatic heterocycles. The van der Waals surface area contributed by atoms with Crippen molar-refractivity contribution in [2.75, 3.05) is 0 Å². The highest BCUT2D eigenvalue weighted by atomic mass is 16.3. The van der Waals surface area contributed by atoms with Crippen molar-refractivity contribution in [1.29, 1.82) is 0 Å². The summed E-state index contributed by atoms with van der Waals surface area (Å²) in [5, 5.41) is 5.65.